The smallest absolute Gasteiger partial charge is 0.0845 e. The lowest BCUT2D eigenvalue weighted by Gasteiger charge is -2.04. The molecule has 1 unspecified atom stereocenters. The van der Waals surface area contributed by atoms with Gasteiger partial charge < -0.3 is 0 Å². The van der Waals surface area contributed by atoms with Crippen LogP contribution in [0.5, 0.6) is 0 Å². The van der Waals surface area contributed by atoms with Gasteiger partial charge in [0.05, 0.1) is 10.7 Å². The largest absolute Gasteiger partial charge is 0.283 e. The van der Waals surface area contributed by atoms with Crippen LogP contribution in [0.1, 0.15) is 6.92 Å². The first-order chi connectivity index (χ1) is 5.36. The van der Waals surface area contributed by atoms with Gasteiger partial charge in [-0.05, 0) is 18.1 Å². The van der Waals surface area contributed by atoms with Crippen molar-refractivity contribution in [2.45, 2.75) is 6.92 Å². The highest BCUT2D eigenvalue weighted by molar-refractivity contribution is 5.24. The fourth-order valence-corrected chi connectivity index (χ4v) is 1.24. The predicted molar refractivity (Wildman–Crippen MR) is 43.5 cm³/mol. The fourth-order valence-electron chi connectivity index (χ4n) is 1.24. The second-order valence-corrected chi connectivity index (χ2v) is 2.89. The minimum Gasteiger partial charge on any atom is -0.283 e. The zero-order valence-electron chi connectivity index (χ0n) is 6.49. The SMILES string of the molecule is CC1C=c2ncccc2=NC1. The monoisotopic (exact) mass is 146 g/mol. The van der Waals surface area contributed by atoms with Crippen LogP contribution in [0.2, 0.25) is 0 Å². The number of nitrogens with zero attached hydrogens (tertiary/aromatic N) is 2. The molecule has 1 atom stereocenters. The Morgan fingerprint density at radius 2 is 2.45 bits per heavy atom. The molecule has 0 saturated heterocycles. The van der Waals surface area contributed by atoms with E-state index in [1.807, 2.05) is 18.3 Å². The van der Waals surface area contributed by atoms with Crippen molar-refractivity contribution >= 4 is 6.08 Å². The molecule has 2 nitrogen and oxygen atoms in total. The van der Waals surface area contributed by atoms with Gasteiger partial charge in [-0.15, -0.1) is 0 Å². The Balaban J connectivity index is 2.73. The molecule has 56 valence electrons. The van der Waals surface area contributed by atoms with Crippen molar-refractivity contribution in [1.82, 2.24) is 4.98 Å². The summed E-state index contributed by atoms with van der Waals surface area (Å²) in [6, 6.07) is 3.93. The van der Waals surface area contributed by atoms with E-state index in [-0.39, 0.29) is 0 Å². The van der Waals surface area contributed by atoms with Crippen LogP contribution >= 0.6 is 0 Å². The fraction of sp³-hybridized carbons (Fsp3) is 0.333. The summed E-state index contributed by atoms with van der Waals surface area (Å²) in [6.45, 7) is 3.06. The summed E-state index contributed by atoms with van der Waals surface area (Å²) < 4.78 is 0. The molecule has 2 heteroatoms. The maximum atomic E-state index is 4.38. The molecule has 0 saturated carbocycles. The van der Waals surface area contributed by atoms with E-state index >= 15 is 0 Å². The number of fused-ring (bicyclic) bond motifs is 1. The Kier molecular flexibility index (Phi) is 1.46. The van der Waals surface area contributed by atoms with Gasteiger partial charge in [0, 0.05) is 12.7 Å². The van der Waals surface area contributed by atoms with Gasteiger partial charge in [0.25, 0.3) is 0 Å². The van der Waals surface area contributed by atoms with E-state index in [0.717, 1.165) is 17.3 Å². The first kappa shape index (κ1) is 6.53. The van der Waals surface area contributed by atoms with Crippen LogP contribution in [0.4, 0.5) is 0 Å². The maximum Gasteiger partial charge on any atom is 0.0845 e. The molecule has 2 heterocycles. The number of aromatic nitrogens is 1. The molecular weight excluding hydrogens is 136 g/mol. The van der Waals surface area contributed by atoms with Gasteiger partial charge in [-0.3, -0.25) is 9.98 Å². The van der Waals surface area contributed by atoms with Crippen molar-refractivity contribution in [2.75, 3.05) is 6.54 Å². The van der Waals surface area contributed by atoms with E-state index in [2.05, 4.69) is 23.0 Å². The molecule has 1 aliphatic rings. The van der Waals surface area contributed by atoms with Crippen LogP contribution in [0.3, 0.4) is 0 Å². The first-order valence-electron chi connectivity index (χ1n) is 3.83. The molecule has 0 spiro atoms. The zero-order chi connectivity index (χ0) is 7.68. The van der Waals surface area contributed by atoms with Crippen LogP contribution in [-0.4, -0.2) is 11.5 Å². The molecule has 0 aliphatic carbocycles. The Morgan fingerprint density at radius 1 is 1.55 bits per heavy atom. The lowest BCUT2D eigenvalue weighted by molar-refractivity contribution is 0.740. The Hall–Kier alpha value is -1.18. The topological polar surface area (TPSA) is 25.2 Å². The van der Waals surface area contributed by atoms with Gasteiger partial charge in [-0.2, -0.15) is 0 Å². The van der Waals surface area contributed by atoms with E-state index in [4.69, 9.17) is 0 Å². The first-order valence-corrected chi connectivity index (χ1v) is 3.83. The lowest BCUT2D eigenvalue weighted by atomic mass is 10.1. The molecule has 0 aromatic carbocycles. The third-order valence-electron chi connectivity index (χ3n) is 1.81. The third-order valence-corrected chi connectivity index (χ3v) is 1.81. The van der Waals surface area contributed by atoms with Crippen molar-refractivity contribution in [2.24, 2.45) is 10.9 Å². The van der Waals surface area contributed by atoms with Gasteiger partial charge in [0.15, 0.2) is 0 Å². The van der Waals surface area contributed by atoms with E-state index in [1.165, 1.54) is 0 Å². The minimum atomic E-state index is 0.539. The quantitative estimate of drug-likeness (QED) is 0.511. The van der Waals surface area contributed by atoms with E-state index in [9.17, 15) is 0 Å². The summed E-state index contributed by atoms with van der Waals surface area (Å²) >= 11 is 0. The third kappa shape index (κ3) is 1.16. The molecule has 1 aromatic heterocycles. The summed E-state index contributed by atoms with van der Waals surface area (Å²) in [7, 11) is 0. The van der Waals surface area contributed by atoms with Crippen LogP contribution in [-0.2, 0) is 0 Å². The van der Waals surface area contributed by atoms with Gasteiger partial charge in [0.2, 0.25) is 0 Å². The minimum absolute atomic E-state index is 0.539. The van der Waals surface area contributed by atoms with Crippen LogP contribution in [0, 0.1) is 5.92 Å². The second-order valence-electron chi connectivity index (χ2n) is 2.89. The number of hydrogen-bond acceptors (Lipinski definition) is 2. The summed E-state index contributed by atoms with van der Waals surface area (Å²) in [5.41, 5.74) is 0. The van der Waals surface area contributed by atoms with Crippen molar-refractivity contribution in [3.8, 4) is 0 Å². The zero-order valence-corrected chi connectivity index (χ0v) is 6.49. The second kappa shape index (κ2) is 2.46. The van der Waals surface area contributed by atoms with E-state index in [1.54, 1.807) is 0 Å². The summed E-state index contributed by atoms with van der Waals surface area (Å²) in [4.78, 5) is 8.60. The molecule has 0 N–H and O–H groups in total. The van der Waals surface area contributed by atoms with Crippen molar-refractivity contribution in [3.63, 3.8) is 0 Å². The maximum absolute atomic E-state index is 4.38. The Labute approximate surface area is 65.3 Å². The molecular formula is C9H10N2. The number of pyridine rings is 1. The van der Waals surface area contributed by atoms with Gasteiger partial charge in [0.1, 0.15) is 0 Å². The van der Waals surface area contributed by atoms with Gasteiger partial charge in [-0.1, -0.05) is 13.0 Å². The number of hydrogen-bond donors (Lipinski definition) is 0. The molecule has 1 aliphatic heterocycles. The lowest BCUT2D eigenvalue weighted by Crippen LogP contribution is -2.32. The van der Waals surface area contributed by atoms with Crippen LogP contribution < -0.4 is 10.7 Å². The molecule has 1 aromatic rings. The molecule has 0 amide bonds. The van der Waals surface area contributed by atoms with Crippen LogP contribution in [0.25, 0.3) is 6.08 Å². The number of rotatable bonds is 0. The molecule has 0 bridgehead atoms. The van der Waals surface area contributed by atoms with E-state index < -0.39 is 0 Å². The summed E-state index contributed by atoms with van der Waals surface area (Å²) in [5.74, 6) is 0.539. The molecule has 11 heavy (non-hydrogen) atoms. The molecule has 2 rings (SSSR count). The average molecular weight is 146 g/mol. The summed E-state index contributed by atoms with van der Waals surface area (Å²) in [5, 5.41) is 2.07. The molecule has 0 radical (unpaired) electrons. The normalized spacial score (nSPS) is 21.4. The van der Waals surface area contributed by atoms with Gasteiger partial charge in [-0.25, -0.2) is 0 Å². The van der Waals surface area contributed by atoms with E-state index in [0.29, 0.717) is 5.92 Å². The highest BCUT2D eigenvalue weighted by atomic mass is 14.8. The summed E-state index contributed by atoms with van der Waals surface area (Å²) in [6.07, 6.45) is 3.98. The van der Waals surface area contributed by atoms with Crippen molar-refractivity contribution in [1.29, 1.82) is 0 Å². The predicted octanol–water partition coefficient (Wildman–Crippen LogP) is 0.131. The highest BCUT2D eigenvalue weighted by Gasteiger charge is 2.00. The molecule has 0 fully saturated rings. The Morgan fingerprint density at radius 3 is 3.36 bits per heavy atom. The highest BCUT2D eigenvalue weighted by Crippen LogP contribution is 1.97. The van der Waals surface area contributed by atoms with Crippen LogP contribution in [0.15, 0.2) is 23.3 Å². The van der Waals surface area contributed by atoms with Gasteiger partial charge >= 0.3 is 0 Å². The standard InChI is InChI=1S/C9H10N2/c1-7-5-9-8(11-6-7)3-2-4-10-9/h2-5,7H,6H2,1H3. The average Bonchev–Trinajstić information content (AvgIpc) is 2.04. The van der Waals surface area contributed by atoms with Crippen molar-refractivity contribution in [3.05, 3.63) is 29.0 Å². The Bertz CT molecular complexity index is 367. The van der Waals surface area contributed by atoms with Crippen molar-refractivity contribution < 1.29 is 0 Å².